The number of ether oxygens (including phenoxy) is 7. The van der Waals surface area contributed by atoms with E-state index in [2.05, 4.69) is 83.1 Å². The molecule has 0 radical (unpaired) electrons. The van der Waals surface area contributed by atoms with Crippen LogP contribution in [0.25, 0.3) is 43.9 Å². The van der Waals surface area contributed by atoms with Gasteiger partial charge in [-0.1, -0.05) is 83.1 Å². The molecule has 0 N–H and O–H groups in total. The first-order chi connectivity index (χ1) is 31.2. The van der Waals surface area contributed by atoms with Crippen molar-refractivity contribution in [2.45, 2.75) is 149 Å². The van der Waals surface area contributed by atoms with Crippen molar-refractivity contribution in [1.29, 1.82) is 0 Å². The SMILES string of the molecule is COc1cc(C(C)(C)C)c2op(OC[C@H]3O[C@@H]4OC(C)(C)O[C@@H]4[C@@H]3Op3oc4c(C(C)(C)C)cc(OC)cc4c4cc(OC)cc(C(C)(C)C)c4o3)oc3c(C(C)(C)C)cc(OC)cc3c2c1. The van der Waals surface area contributed by atoms with Crippen molar-refractivity contribution in [1.82, 2.24) is 0 Å². The van der Waals surface area contributed by atoms with Gasteiger partial charge in [-0.2, -0.15) is 0 Å². The van der Waals surface area contributed by atoms with Crippen molar-refractivity contribution in [3.8, 4) is 23.0 Å². The molecule has 0 amide bonds. The van der Waals surface area contributed by atoms with Crippen LogP contribution in [0.15, 0.2) is 65.3 Å². The van der Waals surface area contributed by atoms with Crippen LogP contribution in [0.1, 0.15) is 119 Å². The quantitative estimate of drug-likeness (QED) is 0.136. The molecule has 2 fully saturated rings. The Morgan fingerprint density at radius 2 is 0.806 bits per heavy atom. The van der Waals surface area contributed by atoms with E-state index < -0.39 is 46.9 Å². The summed E-state index contributed by atoms with van der Waals surface area (Å²) in [7, 11) is 2.36. The molecule has 4 aromatic carbocycles. The summed E-state index contributed by atoms with van der Waals surface area (Å²) in [6, 6.07) is 16.0. The molecule has 2 saturated heterocycles. The first kappa shape index (κ1) is 49.1. The number of hydrogen-bond acceptors (Lipinski definition) is 13. The molecule has 15 heteroatoms. The number of rotatable bonds is 9. The maximum absolute atomic E-state index is 7.12. The Balaban J connectivity index is 1.32. The van der Waals surface area contributed by atoms with Gasteiger partial charge in [0.1, 0.15) is 63.6 Å². The zero-order valence-electron chi connectivity index (χ0n) is 42.3. The highest BCUT2D eigenvalue weighted by Gasteiger charge is 2.56. The van der Waals surface area contributed by atoms with Crippen LogP contribution in [0.5, 0.6) is 23.0 Å². The van der Waals surface area contributed by atoms with Gasteiger partial charge in [0.25, 0.3) is 0 Å². The lowest BCUT2D eigenvalue weighted by molar-refractivity contribution is -0.213. The zero-order valence-corrected chi connectivity index (χ0v) is 44.1. The fourth-order valence-electron chi connectivity index (χ4n) is 8.78. The molecule has 6 aromatic rings. The van der Waals surface area contributed by atoms with Crippen LogP contribution in [0.3, 0.4) is 0 Å². The van der Waals surface area contributed by atoms with E-state index in [0.29, 0.717) is 45.3 Å². The highest BCUT2D eigenvalue weighted by Crippen LogP contribution is 2.49. The smallest absolute Gasteiger partial charge is 0.387 e. The molecule has 364 valence electrons. The Morgan fingerprint density at radius 1 is 0.478 bits per heavy atom. The zero-order chi connectivity index (χ0) is 48.8. The average molecular weight is 963 g/mol. The maximum atomic E-state index is 7.12. The summed E-state index contributed by atoms with van der Waals surface area (Å²) in [5.74, 6) is 1.80. The van der Waals surface area contributed by atoms with Gasteiger partial charge in [0, 0.05) is 43.8 Å². The average Bonchev–Trinajstić information content (AvgIpc) is 3.56. The molecular weight excluding hydrogens is 895 g/mol. The van der Waals surface area contributed by atoms with Gasteiger partial charge in [0.2, 0.25) is 0 Å². The standard InChI is InChI=1S/C52H68O13P2/c1-48(2,3)36-23-28(53-15)19-32-33-20-29(54-16)24-37(49(4,5)6)42(33)62-66(61-41(32)36)57-27-40-45(46-47(58-40)60-52(13,14)59-46)65-67-63-43-34(21-30(55-17)25-38(43)50(7,8)9)35-22-31(56-18)26-39(44(35)64-67)51(10,11)12/h19-26,40,45-47H,27H2,1-18H3/t40-,45-,46-,47-/m1/s1. The van der Waals surface area contributed by atoms with Gasteiger partial charge in [0.15, 0.2) is 12.1 Å². The van der Waals surface area contributed by atoms with Crippen molar-refractivity contribution in [2.75, 3.05) is 35.0 Å². The summed E-state index contributed by atoms with van der Waals surface area (Å²) in [6.45, 7) is 29.4. The fourth-order valence-corrected chi connectivity index (χ4v) is 11.1. The van der Waals surface area contributed by atoms with E-state index in [9.17, 15) is 0 Å². The molecule has 2 aliphatic heterocycles. The molecule has 0 aliphatic carbocycles. The summed E-state index contributed by atoms with van der Waals surface area (Å²) < 4.78 is 84.9. The summed E-state index contributed by atoms with van der Waals surface area (Å²) in [5, 5.41) is 3.20. The molecule has 0 bridgehead atoms. The summed E-state index contributed by atoms with van der Waals surface area (Å²) in [5.41, 5.74) is 4.77. The molecule has 0 unspecified atom stereocenters. The molecule has 13 nitrogen and oxygen atoms in total. The highest BCUT2D eigenvalue weighted by molar-refractivity contribution is 7.32. The minimum atomic E-state index is -2.20. The van der Waals surface area contributed by atoms with Crippen LogP contribution < -0.4 is 28.0 Å². The largest absolute Gasteiger partial charge is 0.497 e. The first-order valence-electron chi connectivity index (χ1n) is 22.8. The van der Waals surface area contributed by atoms with Gasteiger partial charge in [-0.3, -0.25) is 9.05 Å². The van der Waals surface area contributed by atoms with E-state index in [4.69, 9.17) is 59.0 Å². The predicted molar refractivity (Wildman–Crippen MR) is 264 cm³/mol. The normalized spacial score (nSPS) is 19.9. The fraction of sp³-hybridized carbons (Fsp3) is 0.538. The van der Waals surface area contributed by atoms with Crippen LogP contribution >= 0.6 is 16.5 Å². The number of methoxy groups -OCH3 is 4. The van der Waals surface area contributed by atoms with Crippen LogP contribution in [-0.4, -0.2) is 65.4 Å². The summed E-state index contributed by atoms with van der Waals surface area (Å²) in [4.78, 5) is 0. The third-order valence-corrected chi connectivity index (χ3v) is 14.4. The molecule has 2 aromatic heterocycles. The van der Waals surface area contributed by atoms with Crippen LogP contribution in [0.4, 0.5) is 0 Å². The Bertz CT molecular complexity index is 2750. The van der Waals surface area contributed by atoms with E-state index in [0.717, 1.165) is 43.8 Å². The highest BCUT2D eigenvalue weighted by atomic mass is 31.1. The molecule has 0 saturated carbocycles. The molecule has 4 atom stereocenters. The number of hydrogen-bond donors (Lipinski definition) is 0. The second-order valence-corrected chi connectivity index (χ2v) is 24.1. The number of fused-ring (bicyclic) bond motifs is 7. The van der Waals surface area contributed by atoms with E-state index in [1.165, 1.54) is 0 Å². The molecule has 8 rings (SSSR count). The van der Waals surface area contributed by atoms with Gasteiger partial charge >= 0.3 is 16.5 Å². The van der Waals surface area contributed by atoms with E-state index in [1.54, 1.807) is 28.4 Å². The van der Waals surface area contributed by atoms with Crippen molar-refractivity contribution >= 4 is 60.4 Å². The maximum Gasteiger partial charge on any atom is 0.387 e. The van der Waals surface area contributed by atoms with Gasteiger partial charge in [-0.15, -0.1) is 0 Å². The predicted octanol–water partition coefficient (Wildman–Crippen LogP) is 13.9. The van der Waals surface area contributed by atoms with E-state index in [-0.39, 0.29) is 28.3 Å². The van der Waals surface area contributed by atoms with Gasteiger partial charge in [0.05, 0.1) is 35.0 Å². The van der Waals surface area contributed by atoms with Gasteiger partial charge < -0.3 is 49.9 Å². The summed E-state index contributed by atoms with van der Waals surface area (Å²) >= 11 is 0. The van der Waals surface area contributed by atoms with Crippen LogP contribution in [0.2, 0.25) is 0 Å². The second-order valence-electron chi connectivity index (χ2n) is 22.0. The van der Waals surface area contributed by atoms with Crippen LogP contribution in [0, 0.1) is 0 Å². The molecule has 0 spiro atoms. The third-order valence-electron chi connectivity index (χ3n) is 12.3. The van der Waals surface area contributed by atoms with E-state index >= 15 is 0 Å². The van der Waals surface area contributed by atoms with Crippen molar-refractivity contribution in [2.24, 2.45) is 0 Å². The lowest BCUT2D eigenvalue weighted by atomic mass is 9.84. The summed E-state index contributed by atoms with van der Waals surface area (Å²) in [6.07, 6.45) is -2.97. The Kier molecular flexibility index (Phi) is 12.9. The minimum absolute atomic E-state index is 0.0194. The Morgan fingerprint density at radius 3 is 1.12 bits per heavy atom. The first-order valence-corrected chi connectivity index (χ1v) is 25.0. The van der Waals surface area contributed by atoms with Gasteiger partial charge in [-0.05, 0) is 84.0 Å². The molecule has 67 heavy (non-hydrogen) atoms. The Labute approximate surface area is 395 Å². The second kappa shape index (κ2) is 17.6. The number of benzene rings is 4. The topological polar surface area (TPSA) is 136 Å². The lowest BCUT2D eigenvalue weighted by Gasteiger charge is -2.24. The van der Waals surface area contributed by atoms with Crippen LogP contribution in [-0.2, 0) is 35.9 Å². The molecular formula is C52H68O13P2. The lowest BCUT2D eigenvalue weighted by Crippen LogP contribution is -2.41. The minimum Gasteiger partial charge on any atom is -0.497 e. The van der Waals surface area contributed by atoms with Crippen molar-refractivity contribution in [3.05, 3.63) is 70.8 Å². The van der Waals surface area contributed by atoms with Crippen molar-refractivity contribution < 1.29 is 59.0 Å². The van der Waals surface area contributed by atoms with Gasteiger partial charge in [-0.25, -0.2) is 0 Å². The molecule has 4 heterocycles. The monoisotopic (exact) mass is 962 g/mol. The third kappa shape index (κ3) is 9.68. The molecule has 2 aliphatic rings. The van der Waals surface area contributed by atoms with E-state index in [1.807, 2.05) is 62.4 Å². The van der Waals surface area contributed by atoms with Crippen molar-refractivity contribution in [3.63, 3.8) is 0 Å². The Hall–Kier alpha value is -4.32.